The molecule has 0 radical (unpaired) electrons. The van der Waals surface area contributed by atoms with Crippen molar-refractivity contribution in [2.75, 3.05) is 38.1 Å². The predicted octanol–water partition coefficient (Wildman–Crippen LogP) is 2.94. The third-order valence-corrected chi connectivity index (χ3v) is 5.18. The highest BCUT2D eigenvalue weighted by atomic mass is 35.5. The van der Waals surface area contributed by atoms with Crippen molar-refractivity contribution in [3.05, 3.63) is 28.0 Å². The number of rotatable bonds is 1. The van der Waals surface area contributed by atoms with E-state index >= 15 is 0 Å². The molecule has 2 aliphatic rings. The van der Waals surface area contributed by atoms with E-state index in [1.165, 1.54) is 13.1 Å². The molecule has 2 saturated heterocycles. The van der Waals surface area contributed by atoms with E-state index in [0.29, 0.717) is 5.15 Å². The lowest BCUT2D eigenvalue weighted by Gasteiger charge is -2.21. The van der Waals surface area contributed by atoms with Gasteiger partial charge in [-0.05, 0) is 37.1 Å². The van der Waals surface area contributed by atoms with E-state index in [2.05, 4.69) is 32.9 Å². The summed E-state index contributed by atoms with van der Waals surface area (Å²) in [5.41, 5.74) is 1.88. The lowest BCUT2D eigenvalue weighted by Crippen LogP contribution is -2.26. The fourth-order valence-electron chi connectivity index (χ4n) is 3.71. The molecule has 1 N–H and O–H groups in total. The first-order chi connectivity index (χ1) is 10.1. The first kappa shape index (κ1) is 13.5. The Bertz CT molecular complexity index is 745. The molecule has 2 aliphatic heterocycles. The van der Waals surface area contributed by atoms with Gasteiger partial charge in [-0.15, -0.1) is 0 Å². The van der Waals surface area contributed by atoms with Crippen molar-refractivity contribution in [1.29, 1.82) is 0 Å². The Morgan fingerprint density at radius 3 is 2.67 bits per heavy atom. The molecule has 0 bridgehead atoms. The van der Waals surface area contributed by atoms with Crippen LogP contribution in [0.25, 0.3) is 11.0 Å². The largest absolute Gasteiger partial charge is 0.368 e. The van der Waals surface area contributed by atoms with Crippen LogP contribution in [0.3, 0.4) is 0 Å². The molecular formula is C15H17ClN4S. The SMILES string of the molecule is CN1CC2CN(c3cc4ccc(Cl)nc4[nH]c3=S)CC2C1. The normalized spacial score (nSPS) is 25.7. The molecule has 6 heteroatoms. The molecular weight excluding hydrogens is 304 g/mol. The standard InChI is InChI=1S/C15H17ClN4S/c1-19-5-10-7-20(8-11(10)6-19)12-4-9-2-3-13(16)17-14(9)18-15(12)21/h2-4,10-11H,5-8H2,1H3,(H,17,18,21). The first-order valence-corrected chi connectivity index (χ1v) is 8.02. The topological polar surface area (TPSA) is 35.2 Å². The average Bonchev–Trinajstić information content (AvgIpc) is 2.94. The second-order valence-electron chi connectivity index (χ2n) is 6.20. The van der Waals surface area contributed by atoms with Crippen LogP contribution in [0.5, 0.6) is 0 Å². The number of nitrogens with one attached hydrogen (secondary N) is 1. The number of likely N-dealkylation sites (tertiary alicyclic amines) is 1. The number of halogens is 1. The highest BCUT2D eigenvalue weighted by Gasteiger charge is 2.39. The molecule has 0 aromatic carbocycles. The van der Waals surface area contributed by atoms with Gasteiger partial charge in [-0.3, -0.25) is 0 Å². The zero-order chi connectivity index (χ0) is 14.6. The zero-order valence-electron chi connectivity index (χ0n) is 11.8. The Hall–Kier alpha value is -1.17. The van der Waals surface area contributed by atoms with E-state index < -0.39 is 0 Å². The second-order valence-corrected chi connectivity index (χ2v) is 7.00. The van der Waals surface area contributed by atoms with Gasteiger partial charge in [0, 0.05) is 31.6 Å². The van der Waals surface area contributed by atoms with E-state index in [-0.39, 0.29) is 0 Å². The third kappa shape index (κ3) is 2.33. The maximum Gasteiger partial charge on any atom is 0.140 e. The lowest BCUT2D eigenvalue weighted by molar-refractivity contribution is 0.387. The molecule has 2 fully saturated rings. The maximum atomic E-state index is 5.94. The predicted molar refractivity (Wildman–Crippen MR) is 88.6 cm³/mol. The molecule has 0 aliphatic carbocycles. The van der Waals surface area contributed by atoms with Gasteiger partial charge in [0.05, 0.1) is 5.69 Å². The summed E-state index contributed by atoms with van der Waals surface area (Å²) >= 11 is 11.5. The van der Waals surface area contributed by atoms with Gasteiger partial charge in [0.1, 0.15) is 15.4 Å². The molecule has 4 nitrogen and oxygen atoms in total. The van der Waals surface area contributed by atoms with Crippen LogP contribution in [0, 0.1) is 16.5 Å². The van der Waals surface area contributed by atoms with E-state index in [9.17, 15) is 0 Å². The maximum absolute atomic E-state index is 5.94. The van der Waals surface area contributed by atoms with Crippen molar-refractivity contribution < 1.29 is 0 Å². The fourth-order valence-corrected chi connectivity index (χ4v) is 4.14. The minimum Gasteiger partial charge on any atom is -0.368 e. The van der Waals surface area contributed by atoms with Crippen LogP contribution < -0.4 is 4.90 Å². The molecule has 0 spiro atoms. The second kappa shape index (κ2) is 4.93. The smallest absolute Gasteiger partial charge is 0.140 e. The van der Waals surface area contributed by atoms with Gasteiger partial charge in [0.2, 0.25) is 0 Å². The number of H-pyrrole nitrogens is 1. The van der Waals surface area contributed by atoms with Crippen molar-refractivity contribution in [1.82, 2.24) is 14.9 Å². The van der Waals surface area contributed by atoms with Crippen LogP contribution >= 0.6 is 23.8 Å². The summed E-state index contributed by atoms with van der Waals surface area (Å²) in [7, 11) is 2.21. The van der Waals surface area contributed by atoms with Crippen LogP contribution in [-0.2, 0) is 0 Å². The first-order valence-electron chi connectivity index (χ1n) is 7.23. The van der Waals surface area contributed by atoms with Gasteiger partial charge >= 0.3 is 0 Å². The molecule has 2 unspecified atom stereocenters. The summed E-state index contributed by atoms with van der Waals surface area (Å²) in [6.07, 6.45) is 0. The van der Waals surface area contributed by atoms with Gasteiger partial charge in [0.25, 0.3) is 0 Å². The summed E-state index contributed by atoms with van der Waals surface area (Å²) in [5, 5.41) is 1.54. The number of aromatic nitrogens is 2. The van der Waals surface area contributed by atoms with E-state index in [0.717, 1.165) is 46.3 Å². The van der Waals surface area contributed by atoms with Crippen LogP contribution in [0.2, 0.25) is 5.15 Å². The number of aromatic amines is 1. The molecule has 4 heterocycles. The molecule has 2 aromatic heterocycles. The summed E-state index contributed by atoms with van der Waals surface area (Å²) in [5.74, 6) is 1.53. The molecule has 4 rings (SSSR count). The Kier molecular flexibility index (Phi) is 3.17. The summed E-state index contributed by atoms with van der Waals surface area (Å²) in [6.45, 7) is 4.59. The summed E-state index contributed by atoms with van der Waals surface area (Å²) < 4.78 is 0.755. The summed E-state index contributed by atoms with van der Waals surface area (Å²) in [4.78, 5) is 12.4. The van der Waals surface area contributed by atoms with E-state index in [1.54, 1.807) is 0 Å². The van der Waals surface area contributed by atoms with Crippen LogP contribution in [0.15, 0.2) is 18.2 Å². The molecule has 110 valence electrons. The number of hydrogen-bond acceptors (Lipinski definition) is 4. The molecule has 0 amide bonds. The van der Waals surface area contributed by atoms with E-state index in [1.807, 2.05) is 12.1 Å². The van der Waals surface area contributed by atoms with Crippen LogP contribution in [0.1, 0.15) is 0 Å². The number of hydrogen-bond donors (Lipinski definition) is 1. The lowest BCUT2D eigenvalue weighted by atomic mass is 10.0. The fraction of sp³-hybridized carbons (Fsp3) is 0.467. The monoisotopic (exact) mass is 320 g/mol. The Labute approximate surface area is 133 Å². The van der Waals surface area contributed by atoms with Gasteiger partial charge < -0.3 is 14.8 Å². The van der Waals surface area contributed by atoms with Crippen LogP contribution in [-0.4, -0.2) is 48.1 Å². The van der Waals surface area contributed by atoms with Gasteiger partial charge in [-0.1, -0.05) is 23.8 Å². The Morgan fingerprint density at radius 1 is 1.24 bits per heavy atom. The van der Waals surface area contributed by atoms with Crippen molar-refractivity contribution in [2.45, 2.75) is 0 Å². The van der Waals surface area contributed by atoms with Crippen molar-refractivity contribution in [3.63, 3.8) is 0 Å². The molecule has 2 aromatic rings. The van der Waals surface area contributed by atoms with Gasteiger partial charge in [0.15, 0.2) is 0 Å². The molecule has 2 atom stereocenters. The Morgan fingerprint density at radius 2 is 1.95 bits per heavy atom. The minimum atomic E-state index is 0.486. The van der Waals surface area contributed by atoms with Gasteiger partial charge in [-0.25, -0.2) is 4.98 Å². The quantitative estimate of drug-likeness (QED) is 0.647. The van der Waals surface area contributed by atoms with Crippen molar-refractivity contribution in [2.24, 2.45) is 11.8 Å². The third-order valence-electron chi connectivity index (χ3n) is 4.66. The number of nitrogens with zero attached hydrogens (tertiary/aromatic N) is 3. The number of fused-ring (bicyclic) bond motifs is 2. The summed E-state index contributed by atoms with van der Waals surface area (Å²) in [6, 6.07) is 5.95. The van der Waals surface area contributed by atoms with Crippen molar-refractivity contribution in [3.8, 4) is 0 Å². The van der Waals surface area contributed by atoms with E-state index in [4.69, 9.17) is 23.8 Å². The minimum absolute atomic E-state index is 0.486. The van der Waals surface area contributed by atoms with Crippen LogP contribution in [0.4, 0.5) is 5.69 Å². The number of pyridine rings is 2. The average molecular weight is 321 g/mol. The highest BCUT2D eigenvalue weighted by molar-refractivity contribution is 7.71. The Balaban J connectivity index is 1.70. The van der Waals surface area contributed by atoms with Gasteiger partial charge in [-0.2, -0.15) is 0 Å². The molecule has 21 heavy (non-hydrogen) atoms. The zero-order valence-corrected chi connectivity index (χ0v) is 13.4. The molecule has 0 saturated carbocycles. The van der Waals surface area contributed by atoms with Crippen molar-refractivity contribution >= 4 is 40.5 Å². The number of anilines is 1. The highest BCUT2D eigenvalue weighted by Crippen LogP contribution is 2.34.